The number of nitrogens with zero attached hydrogens (tertiary/aromatic N) is 2. The number of hydrogen-bond donors (Lipinski definition) is 4. The van der Waals surface area contributed by atoms with Crippen molar-refractivity contribution in [3.8, 4) is 22.4 Å². The van der Waals surface area contributed by atoms with Gasteiger partial charge in [0.1, 0.15) is 0 Å². The fourth-order valence-corrected chi connectivity index (χ4v) is 16.4. The molecule has 9 aromatic rings. The Hall–Kier alpha value is -7.70. The van der Waals surface area contributed by atoms with Crippen molar-refractivity contribution in [3.63, 3.8) is 0 Å². The number of nitrogen functional groups attached to an aromatic ring is 4. The first-order chi connectivity index (χ1) is 40.0. The molecule has 0 aliphatic heterocycles. The number of benzene rings is 8. The number of rotatable bonds is 4. The zero-order valence-electron chi connectivity index (χ0n) is 57.5. The SMILES string of the molecule is Cc1cc(C2(c3cc(C)c(N)c(C)c3C)c3c(C)c(C)c(C)c(C)c3-c3c2c(C)c2c(C)c(C)c(C)c(C)c2c3C)c(C)c(C)c1N.Cc1cc(C2(c3cc(C)c(N)c(C)c3C)c3nc(C)c(C)nc3-c3c(C)c(C)c(C)c(C)c32)c(C)c(C)c1N. The molecule has 86 heavy (non-hydrogen) atoms. The normalized spacial score (nSPS) is 13.5. The van der Waals surface area contributed by atoms with Crippen LogP contribution in [0.3, 0.4) is 0 Å². The summed E-state index contributed by atoms with van der Waals surface area (Å²) in [6, 6.07) is 9.44. The van der Waals surface area contributed by atoms with E-state index < -0.39 is 10.8 Å². The van der Waals surface area contributed by atoms with E-state index >= 15 is 0 Å². The predicted molar refractivity (Wildman–Crippen MR) is 371 cm³/mol. The molecule has 0 saturated carbocycles. The Kier molecular flexibility index (Phi) is 14.6. The monoisotopic (exact) mass is 1140 g/mol. The smallest absolute Gasteiger partial charge is 0.0943 e. The lowest BCUT2D eigenvalue weighted by Crippen LogP contribution is -2.34. The van der Waals surface area contributed by atoms with Gasteiger partial charge in [-0.05, 0) is 399 Å². The lowest BCUT2D eigenvalue weighted by atomic mass is 9.61. The number of aromatic nitrogens is 2. The molecule has 0 fully saturated rings. The summed E-state index contributed by atoms with van der Waals surface area (Å²) in [5.41, 5.74) is 79.3. The van der Waals surface area contributed by atoms with Crippen LogP contribution in [0, 0.1) is 194 Å². The van der Waals surface area contributed by atoms with Gasteiger partial charge >= 0.3 is 0 Å². The Labute approximate surface area is 515 Å². The van der Waals surface area contributed by atoms with Crippen LogP contribution in [-0.2, 0) is 10.8 Å². The molecule has 2 aliphatic rings. The Bertz CT molecular complexity index is 4450. The number of anilines is 4. The summed E-state index contributed by atoms with van der Waals surface area (Å²) in [7, 11) is 0. The lowest BCUT2D eigenvalue weighted by Gasteiger charge is -2.40. The average Bonchev–Trinajstić information content (AvgIpc) is 1.49. The van der Waals surface area contributed by atoms with Gasteiger partial charge in [0.15, 0.2) is 0 Å². The molecule has 2 aliphatic carbocycles. The van der Waals surface area contributed by atoms with E-state index in [0.29, 0.717) is 0 Å². The van der Waals surface area contributed by atoms with Gasteiger partial charge in [0, 0.05) is 28.3 Å². The molecule has 6 nitrogen and oxygen atoms in total. The first kappa shape index (κ1) is 61.4. The summed E-state index contributed by atoms with van der Waals surface area (Å²) in [5, 5.41) is 2.83. The molecule has 1 heterocycles. The minimum Gasteiger partial charge on any atom is -0.398 e. The third-order valence-electron chi connectivity index (χ3n) is 23.3. The standard InChI is InChI=1S/C45H54N2.C35H42N4/c1-19-17-35(25(7)31(13)43(19)46)45(36-18-20(2)44(47)32(14)26(36)8)41-30(12)24(6)23(5)29(11)39(41)40-33(15)37-27(9)21(3)22(4)28(10)38(37)34(16)42(40)45;1-15-13-27(19(5)23(9)31(15)36)35(28-14-16(2)32(37)24(10)20(28)6)30-22(8)18(4)17(3)21(7)29(30)33-34(35)39-26(12)25(11)38-33/h17-18H,46-47H2,1-16H3;13-14H,36-37H2,1-12H3. The largest absolute Gasteiger partial charge is 0.398 e. The quantitative estimate of drug-likeness (QED) is 0.130. The maximum Gasteiger partial charge on any atom is 0.0943 e. The van der Waals surface area contributed by atoms with Crippen molar-refractivity contribution in [2.24, 2.45) is 0 Å². The third-order valence-corrected chi connectivity index (χ3v) is 23.3. The summed E-state index contributed by atoms with van der Waals surface area (Å²) in [4.78, 5) is 10.7. The Balaban J connectivity index is 0.000000194. The molecule has 0 amide bonds. The van der Waals surface area contributed by atoms with Crippen molar-refractivity contribution in [2.75, 3.05) is 22.9 Å². The fourth-order valence-electron chi connectivity index (χ4n) is 16.4. The average molecular weight is 1140 g/mol. The Morgan fingerprint density at radius 3 is 0.884 bits per heavy atom. The van der Waals surface area contributed by atoms with E-state index in [9.17, 15) is 0 Å². The minimum atomic E-state index is -0.663. The Morgan fingerprint density at radius 2 is 0.512 bits per heavy atom. The maximum absolute atomic E-state index is 6.80. The highest BCUT2D eigenvalue weighted by Crippen LogP contribution is 2.65. The van der Waals surface area contributed by atoms with Crippen LogP contribution in [0.2, 0.25) is 0 Å². The zero-order valence-corrected chi connectivity index (χ0v) is 57.5. The molecule has 8 aromatic carbocycles. The molecule has 8 N–H and O–H groups in total. The van der Waals surface area contributed by atoms with Crippen LogP contribution in [-0.4, -0.2) is 9.97 Å². The van der Waals surface area contributed by atoms with E-state index in [4.69, 9.17) is 32.9 Å². The van der Waals surface area contributed by atoms with Crippen molar-refractivity contribution < 1.29 is 0 Å². The molecule has 0 unspecified atom stereocenters. The molecule has 0 saturated heterocycles. The van der Waals surface area contributed by atoms with Crippen molar-refractivity contribution in [1.82, 2.24) is 9.97 Å². The second-order valence-electron chi connectivity index (χ2n) is 27.0. The summed E-state index contributed by atoms with van der Waals surface area (Å²) >= 11 is 0. The van der Waals surface area contributed by atoms with Crippen molar-refractivity contribution in [2.45, 2.75) is 205 Å². The van der Waals surface area contributed by atoms with Crippen LogP contribution in [0.1, 0.15) is 201 Å². The molecule has 446 valence electrons. The molecule has 0 bridgehead atoms. The summed E-state index contributed by atoms with van der Waals surface area (Å²) in [6.07, 6.45) is 0. The number of nitrogens with two attached hydrogens (primary N) is 4. The minimum absolute atomic E-state index is 0.569. The van der Waals surface area contributed by atoms with Crippen LogP contribution >= 0.6 is 0 Å². The summed E-state index contributed by atoms with van der Waals surface area (Å²) in [6.45, 7) is 62.9. The van der Waals surface area contributed by atoms with Gasteiger partial charge in [0.2, 0.25) is 0 Å². The van der Waals surface area contributed by atoms with E-state index in [1.165, 1.54) is 178 Å². The second kappa shape index (κ2) is 20.5. The summed E-state index contributed by atoms with van der Waals surface area (Å²) in [5.74, 6) is 0. The first-order valence-electron chi connectivity index (χ1n) is 31.1. The van der Waals surface area contributed by atoms with Gasteiger partial charge < -0.3 is 22.9 Å². The van der Waals surface area contributed by atoms with Gasteiger partial charge in [-0.1, -0.05) is 24.3 Å². The lowest BCUT2D eigenvalue weighted by molar-refractivity contribution is 0.706. The predicted octanol–water partition coefficient (Wildman–Crippen LogP) is 19.0. The molecule has 0 atom stereocenters. The molecule has 11 rings (SSSR count). The second-order valence-corrected chi connectivity index (χ2v) is 27.0. The van der Waals surface area contributed by atoms with Gasteiger partial charge in [-0.25, -0.2) is 4.98 Å². The fraction of sp³-hybridized carbons (Fsp3) is 0.375. The van der Waals surface area contributed by atoms with Crippen LogP contribution in [0.15, 0.2) is 24.3 Å². The number of aryl methyl sites for hydroxylation is 10. The first-order valence-corrected chi connectivity index (χ1v) is 31.1. The highest BCUT2D eigenvalue weighted by Gasteiger charge is 2.54. The van der Waals surface area contributed by atoms with Gasteiger partial charge in [-0.2, -0.15) is 0 Å². The highest BCUT2D eigenvalue weighted by molar-refractivity contribution is 6.06. The van der Waals surface area contributed by atoms with Crippen molar-refractivity contribution >= 4 is 33.5 Å². The van der Waals surface area contributed by atoms with E-state index in [0.717, 1.165) is 78.9 Å². The molecule has 0 spiro atoms. The maximum atomic E-state index is 6.80. The van der Waals surface area contributed by atoms with E-state index in [2.05, 4.69) is 218 Å². The molecular formula is C80H96N6. The van der Waals surface area contributed by atoms with Crippen molar-refractivity contribution in [1.29, 1.82) is 0 Å². The van der Waals surface area contributed by atoms with Crippen LogP contribution in [0.4, 0.5) is 22.7 Å². The van der Waals surface area contributed by atoms with Gasteiger partial charge in [-0.15, -0.1) is 0 Å². The number of hydrogen-bond acceptors (Lipinski definition) is 6. The molecule has 0 radical (unpaired) electrons. The van der Waals surface area contributed by atoms with Crippen LogP contribution < -0.4 is 22.9 Å². The molecular weight excluding hydrogens is 1040 g/mol. The zero-order chi connectivity index (χ0) is 63.8. The van der Waals surface area contributed by atoms with Crippen LogP contribution in [0.5, 0.6) is 0 Å². The molecule has 1 aromatic heterocycles. The van der Waals surface area contributed by atoms with Gasteiger partial charge in [-0.3, -0.25) is 4.98 Å². The van der Waals surface area contributed by atoms with Gasteiger partial charge in [0.05, 0.1) is 33.6 Å². The number of fused-ring (bicyclic) bond motifs is 7. The summed E-state index contributed by atoms with van der Waals surface area (Å²) < 4.78 is 0. The van der Waals surface area contributed by atoms with Gasteiger partial charge in [0.25, 0.3) is 0 Å². The van der Waals surface area contributed by atoms with E-state index in [1.807, 2.05) is 0 Å². The van der Waals surface area contributed by atoms with Crippen LogP contribution in [0.25, 0.3) is 33.2 Å². The highest BCUT2D eigenvalue weighted by atomic mass is 14.9. The molecule has 6 heteroatoms. The third kappa shape index (κ3) is 7.75. The van der Waals surface area contributed by atoms with E-state index in [-0.39, 0.29) is 0 Å². The Morgan fingerprint density at radius 1 is 0.244 bits per heavy atom. The van der Waals surface area contributed by atoms with E-state index in [1.54, 1.807) is 0 Å². The topological polar surface area (TPSA) is 130 Å². The van der Waals surface area contributed by atoms with Crippen molar-refractivity contribution in [3.05, 3.63) is 225 Å².